The van der Waals surface area contributed by atoms with Crippen molar-refractivity contribution < 1.29 is 0 Å². The predicted octanol–water partition coefficient (Wildman–Crippen LogP) is 5.39. The number of hydrogen-bond acceptors (Lipinski definition) is 2. The van der Waals surface area contributed by atoms with Gasteiger partial charge < -0.3 is 5.73 Å². The van der Waals surface area contributed by atoms with Gasteiger partial charge in [-0.3, -0.25) is 0 Å². The van der Waals surface area contributed by atoms with Gasteiger partial charge in [0, 0.05) is 22.2 Å². The number of rotatable bonds is 1. The average Bonchev–Trinajstić information content (AvgIpc) is 2.95. The highest BCUT2D eigenvalue weighted by atomic mass is 14.7. The lowest BCUT2D eigenvalue weighted by Gasteiger charge is -2.05. The highest BCUT2D eigenvalue weighted by molar-refractivity contribution is 6.07. The summed E-state index contributed by atoms with van der Waals surface area (Å²) in [5.74, 6) is 0. The van der Waals surface area contributed by atoms with Crippen LogP contribution in [0.25, 0.3) is 33.8 Å². The second-order valence-electron chi connectivity index (χ2n) is 6.35. The van der Waals surface area contributed by atoms with Crippen molar-refractivity contribution in [3.8, 4) is 11.3 Å². The lowest BCUT2D eigenvalue weighted by molar-refractivity contribution is 1.40. The van der Waals surface area contributed by atoms with Crippen molar-refractivity contribution in [3.63, 3.8) is 0 Å². The highest BCUT2D eigenvalue weighted by Crippen LogP contribution is 2.44. The molecule has 0 bridgehead atoms. The number of hydrogen-bond donors (Lipinski definition) is 1. The molecule has 1 aliphatic carbocycles. The van der Waals surface area contributed by atoms with E-state index in [-0.39, 0.29) is 0 Å². The Bertz CT molecular complexity index is 1140. The molecule has 0 atom stereocenters. The van der Waals surface area contributed by atoms with Gasteiger partial charge in [0.1, 0.15) is 0 Å². The van der Waals surface area contributed by atoms with Gasteiger partial charge in [-0.15, -0.1) is 0 Å². The zero-order valence-corrected chi connectivity index (χ0v) is 13.6. The van der Waals surface area contributed by atoms with Crippen LogP contribution in [0.5, 0.6) is 0 Å². The summed E-state index contributed by atoms with van der Waals surface area (Å²) in [6, 6.07) is 27.0. The van der Waals surface area contributed by atoms with Gasteiger partial charge in [0.25, 0.3) is 0 Å². The molecule has 25 heavy (non-hydrogen) atoms. The zero-order chi connectivity index (χ0) is 16.8. The third kappa shape index (κ3) is 2.23. The standard InChI is InChI=1S/C23H16N2/c24-17-11-9-15(10-12-17)13-20-18-6-2-3-7-19(18)23-21(20)14-16-5-1-4-8-22(16)25-23/h1-14H,24H2/b20-13+. The summed E-state index contributed by atoms with van der Waals surface area (Å²) in [4.78, 5) is 4.94. The fraction of sp³-hybridized carbons (Fsp3) is 0. The molecule has 1 heterocycles. The number of nitrogen functional groups attached to an aromatic ring is 1. The minimum Gasteiger partial charge on any atom is -0.399 e. The van der Waals surface area contributed by atoms with Crippen LogP contribution in [0.1, 0.15) is 16.7 Å². The van der Waals surface area contributed by atoms with E-state index in [1.54, 1.807) is 0 Å². The summed E-state index contributed by atoms with van der Waals surface area (Å²) < 4.78 is 0. The fourth-order valence-electron chi connectivity index (χ4n) is 3.51. The Labute approximate surface area is 146 Å². The molecular weight excluding hydrogens is 304 g/mol. The zero-order valence-electron chi connectivity index (χ0n) is 13.6. The molecule has 0 saturated carbocycles. The second kappa shape index (κ2) is 5.32. The molecule has 0 saturated heterocycles. The second-order valence-corrected chi connectivity index (χ2v) is 6.35. The lowest BCUT2D eigenvalue weighted by Crippen LogP contribution is -1.87. The Morgan fingerprint density at radius 2 is 1.44 bits per heavy atom. The molecule has 0 radical (unpaired) electrons. The Morgan fingerprint density at radius 3 is 2.28 bits per heavy atom. The van der Waals surface area contributed by atoms with E-state index in [1.165, 1.54) is 22.3 Å². The minimum absolute atomic E-state index is 0.780. The van der Waals surface area contributed by atoms with E-state index in [9.17, 15) is 0 Å². The topological polar surface area (TPSA) is 38.9 Å². The van der Waals surface area contributed by atoms with Crippen molar-refractivity contribution in [1.29, 1.82) is 0 Å². The van der Waals surface area contributed by atoms with Gasteiger partial charge in [0.2, 0.25) is 0 Å². The maximum absolute atomic E-state index is 5.82. The maximum atomic E-state index is 5.82. The van der Waals surface area contributed by atoms with E-state index in [0.717, 1.165) is 27.8 Å². The van der Waals surface area contributed by atoms with Crippen molar-refractivity contribution in [2.75, 3.05) is 5.73 Å². The highest BCUT2D eigenvalue weighted by Gasteiger charge is 2.24. The Hall–Kier alpha value is -3.39. The van der Waals surface area contributed by atoms with Crippen LogP contribution in [0.4, 0.5) is 5.69 Å². The van der Waals surface area contributed by atoms with Crippen LogP contribution < -0.4 is 5.73 Å². The molecule has 2 nitrogen and oxygen atoms in total. The van der Waals surface area contributed by atoms with Gasteiger partial charge in [0.15, 0.2) is 0 Å². The number of benzene rings is 3. The molecular formula is C23H16N2. The fourth-order valence-corrected chi connectivity index (χ4v) is 3.51. The van der Waals surface area contributed by atoms with Gasteiger partial charge in [0.05, 0.1) is 11.2 Å². The molecule has 0 aliphatic heterocycles. The molecule has 0 spiro atoms. The molecule has 1 aliphatic rings. The molecule has 3 aromatic carbocycles. The predicted molar refractivity (Wildman–Crippen MR) is 105 cm³/mol. The molecule has 118 valence electrons. The number of pyridine rings is 1. The van der Waals surface area contributed by atoms with Crippen LogP contribution in [-0.4, -0.2) is 4.98 Å². The van der Waals surface area contributed by atoms with Gasteiger partial charge in [-0.05, 0) is 47.0 Å². The Morgan fingerprint density at radius 1 is 0.720 bits per heavy atom. The number of nitrogens with two attached hydrogens (primary N) is 1. The Balaban J connectivity index is 1.80. The third-order valence-electron chi connectivity index (χ3n) is 4.73. The van der Waals surface area contributed by atoms with Crippen LogP contribution in [0.3, 0.4) is 0 Å². The van der Waals surface area contributed by atoms with E-state index in [2.05, 4.69) is 66.7 Å². The van der Waals surface area contributed by atoms with Crippen molar-refractivity contribution in [3.05, 3.63) is 95.6 Å². The van der Waals surface area contributed by atoms with Crippen LogP contribution in [0.2, 0.25) is 0 Å². The van der Waals surface area contributed by atoms with Crippen LogP contribution in [-0.2, 0) is 0 Å². The van der Waals surface area contributed by atoms with E-state index in [4.69, 9.17) is 10.7 Å². The summed E-state index contributed by atoms with van der Waals surface area (Å²) in [7, 11) is 0. The minimum atomic E-state index is 0.780. The first-order chi connectivity index (χ1) is 12.3. The molecule has 0 amide bonds. The summed E-state index contributed by atoms with van der Waals surface area (Å²) in [5.41, 5.74) is 14.7. The van der Waals surface area contributed by atoms with Crippen LogP contribution in [0, 0.1) is 0 Å². The van der Waals surface area contributed by atoms with Crippen molar-refractivity contribution in [1.82, 2.24) is 4.98 Å². The first-order valence-electron chi connectivity index (χ1n) is 8.37. The average molecular weight is 320 g/mol. The first-order valence-corrected chi connectivity index (χ1v) is 8.37. The largest absolute Gasteiger partial charge is 0.399 e. The van der Waals surface area contributed by atoms with Crippen LogP contribution in [0.15, 0.2) is 78.9 Å². The molecule has 4 aromatic rings. The van der Waals surface area contributed by atoms with Crippen LogP contribution >= 0.6 is 0 Å². The van der Waals surface area contributed by atoms with E-state index < -0.39 is 0 Å². The monoisotopic (exact) mass is 320 g/mol. The summed E-state index contributed by atoms with van der Waals surface area (Å²) in [6.07, 6.45) is 2.22. The number of para-hydroxylation sites is 1. The smallest absolute Gasteiger partial charge is 0.0794 e. The normalized spacial score (nSPS) is 13.8. The van der Waals surface area contributed by atoms with Gasteiger partial charge in [-0.25, -0.2) is 4.98 Å². The molecule has 5 rings (SSSR count). The quantitative estimate of drug-likeness (QED) is 0.421. The SMILES string of the molecule is Nc1ccc(/C=C2\c3ccccc3-c3nc4ccccc4cc32)cc1. The van der Waals surface area contributed by atoms with Gasteiger partial charge in [-0.1, -0.05) is 54.6 Å². The molecule has 2 N–H and O–H groups in total. The van der Waals surface area contributed by atoms with Crippen molar-refractivity contribution >= 4 is 28.2 Å². The lowest BCUT2D eigenvalue weighted by atomic mass is 10.0. The van der Waals surface area contributed by atoms with Crippen molar-refractivity contribution in [2.24, 2.45) is 0 Å². The summed E-state index contributed by atoms with van der Waals surface area (Å²) >= 11 is 0. The number of nitrogens with zero attached hydrogens (tertiary/aromatic N) is 1. The molecule has 0 unspecified atom stereocenters. The first kappa shape index (κ1) is 14.0. The number of fused-ring (bicyclic) bond motifs is 4. The number of aromatic nitrogens is 1. The van der Waals surface area contributed by atoms with E-state index >= 15 is 0 Å². The summed E-state index contributed by atoms with van der Waals surface area (Å²) in [6.45, 7) is 0. The molecule has 1 aromatic heterocycles. The van der Waals surface area contributed by atoms with Crippen molar-refractivity contribution in [2.45, 2.75) is 0 Å². The van der Waals surface area contributed by atoms with E-state index in [0.29, 0.717) is 0 Å². The van der Waals surface area contributed by atoms with Gasteiger partial charge >= 0.3 is 0 Å². The van der Waals surface area contributed by atoms with E-state index in [1.807, 2.05) is 18.2 Å². The molecule has 0 fully saturated rings. The summed E-state index contributed by atoms with van der Waals surface area (Å²) in [5, 5.41) is 1.16. The maximum Gasteiger partial charge on any atom is 0.0794 e. The van der Waals surface area contributed by atoms with Gasteiger partial charge in [-0.2, -0.15) is 0 Å². The Kier molecular flexibility index (Phi) is 2.98. The number of anilines is 1. The molecule has 2 heteroatoms. The third-order valence-corrected chi connectivity index (χ3v) is 4.73.